The number of oxazole rings is 1. The Kier molecular flexibility index (Phi) is 5.89. The number of benzene rings is 2. The summed E-state index contributed by atoms with van der Waals surface area (Å²) in [5.41, 5.74) is 2.44. The minimum atomic E-state index is -0.521. The highest BCUT2D eigenvalue weighted by Crippen LogP contribution is 2.26. The van der Waals surface area contributed by atoms with E-state index >= 15 is 0 Å². The molecule has 2 aromatic heterocycles. The minimum Gasteiger partial charge on any atom is -0.465 e. The number of rotatable bonds is 4. The number of nitrogens with zero attached hydrogens (tertiary/aromatic N) is 6. The van der Waals surface area contributed by atoms with E-state index in [2.05, 4.69) is 15.2 Å². The van der Waals surface area contributed by atoms with E-state index in [9.17, 15) is 9.59 Å². The van der Waals surface area contributed by atoms with Crippen molar-refractivity contribution in [3.63, 3.8) is 0 Å². The topological polar surface area (TPSA) is 107 Å². The first kappa shape index (κ1) is 21.9. The largest absolute Gasteiger partial charge is 0.465 e. The van der Waals surface area contributed by atoms with Crippen LogP contribution in [-0.4, -0.2) is 70.0 Å². The van der Waals surface area contributed by atoms with Gasteiger partial charge in [-0.05, 0) is 42.8 Å². The lowest BCUT2D eigenvalue weighted by atomic mass is 10.1. The van der Waals surface area contributed by atoms with Gasteiger partial charge in [-0.25, -0.2) is 4.79 Å². The van der Waals surface area contributed by atoms with E-state index in [0.29, 0.717) is 59.6 Å². The molecule has 34 heavy (non-hydrogen) atoms. The van der Waals surface area contributed by atoms with E-state index in [1.165, 1.54) is 30.4 Å². The fraction of sp³-hybridized carbons (Fsp3) is 0.261. The Bertz CT molecular complexity index is 1350. The Morgan fingerprint density at radius 3 is 2.65 bits per heavy atom. The number of amides is 1. The molecule has 0 atom stereocenters. The summed E-state index contributed by atoms with van der Waals surface area (Å²) in [6.45, 7) is 2.21. The number of anilines is 1. The SMILES string of the molecule is COC(=O)c1ccc(-n2nccn2)c(C(=O)N2CCCN(c3nc4cc(Cl)ccc4o3)CC2)c1. The molecular formula is C23H21ClN6O4. The van der Waals surface area contributed by atoms with Crippen molar-refractivity contribution in [3.05, 3.63) is 64.9 Å². The van der Waals surface area contributed by atoms with E-state index in [1.54, 1.807) is 35.2 Å². The molecule has 0 saturated carbocycles. The average Bonchev–Trinajstić information content (AvgIpc) is 3.47. The fourth-order valence-corrected chi connectivity index (χ4v) is 4.14. The van der Waals surface area contributed by atoms with Crippen LogP contribution in [0.15, 0.2) is 53.2 Å². The van der Waals surface area contributed by atoms with Crippen LogP contribution in [0, 0.1) is 0 Å². The molecule has 5 rings (SSSR count). The molecule has 1 amide bonds. The van der Waals surface area contributed by atoms with Crippen LogP contribution in [0.2, 0.25) is 5.02 Å². The molecule has 1 saturated heterocycles. The lowest BCUT2D eigenvalue weighted by Gasteiger charge is -2.22. The predicted molar refractivity (Wildman–Crippen MR) is 124 cm³/mol. The number of methoxy groups -OCH3 is 1. The van der Waals surface area contributed by atoms with Crippen molar-refractivity contribution in [2.45, 2.75) is 6.42 Å². The van der Waals surface area contributed by atoms with Gasteiger partial charge in [-0.3, -0.25) is 4.79 Å². The zero-order valence-corrected chi connectivity index (χ0v) is 19.1. The number of carbonyl (C=O) groups is 2. The first-order valence-electron chi connectivity index (χ1n) is 10.7. The number of esters is 1. The Balaban J connectivity index is 1.40. The second-order valence-corrected chi connectivity index (χ2v) is 8.22. The van der Waals surface area contributed by atoms with Crippen molar-refractivity contribution in [1.29, 1.82) is 0 Å². The van der Waals surface area contributed by atoms with Crippen LogP contribution in [0.1, 0.15) is 27.1 Å². The molecule has 1 fully saturated rings. The van der Waals surface area contributed by atoms with E-state index in [0.717, 1.165) is 6.42 Å². The number of hydrogen-bond donors (Lipinski definition) is 0. The molecule has 2 aromatic carbocycles. The number of fused-ring (bicyclic) bond motifs is 1. The molecule has 174 valence electrons. The van der Waals surface area contributed by atoms with Crippen molar-refractivity contribution in [2.75, 3.05) is 38.2 Å². The summed E-state index contributed by atoms with van der Waals surface area (Å²) >= 11 is 6.06. The third-order valence-corrected chi connectivity index (χ3v) is 5.91. The van der Waals surface area contributed by atoms with E-state index in [-0.39, 0.29) is 11.5 Å². The van der Waals surface area contributed by atoms with Crippen LogP contribution in [-0.2, 0) is 4.74 Å². The van der Waals surface area contributed by atoms with Crippen molar-refractivity contribution in [2.24, 2.45) is 0 Å². The number of aromatic nitrogens is 4. The molecule has 0 N–H and O–H groups in total. The molecule has 0 unspecified atom stereocenters. The van der Waals surface area contributed by atoms with Gasteiger partial charge in [0.2, 0.25) is 0 Å². The molecule has 0 aliphatic carbocycles. The van der Waals surface area contributed by atoms with Gasteiger partial charge in [0, 0.05) is 31.2 Å². The smallest absolute Gasteiger partial charge is 0.337 e. The summed E-state index contributed by atoms with van der Waals surface area (Å²) in [5.74, 6) is -0.739. The lowest BCUT2D eigenvalue weighted by molar-refractivity contribution is 0.0600. The molecule has 0 spiro atoms. The van der Waals surface area contributed by atoms with E-state index in [1.807, 2.05) is 4.90 Å². The summed E-state index contributed by atoms with van der Waals surface area (Å²) < 4.78 is 10.7. The van der Waals surface area contributed by atoms with Crippen LogP contribution in [0.25, 0.3) is 16.8 Å². The summed E-state index contributed by atoms with van der Waals surface area (Å²) in [7, 11) is 1.30. The standard InChI is InChI=1S/C23H21ClN6O4/c1-33-22(32)15-3-5-19(30-25-7-8-26-30)17(13-15)21(31)28-9-2-10-29(12-11-28)23-27-18-14-16(24)4-6-20(18)34-23/h3-8,13-14H,2,9-12H2,1H3. The van der Waals surface area contributed by atoms with Gasteiger partial charge in [0.05, 0.1) is 36.3 Å². The minimum absolute atomic E-state index is 0.218. The van der Waals surface area contributed by atoms with Crippen LogP contribution in [0.5, 0.6) is 0 Å². The third kappa shape index (κ3) is 4.19. The van der Waals surface area contributed by atoms with Crippen molar-refractivity contribution in [1.82, 2.24) is 24.9 Å². The summed E-state index contributed by atoms with van der Waals surface area (Å²) in [4.78, 5) is 35.4. The third-order valence-electron chi connectivity index (χ3n) is 5.67. The van der Waals surface area contributed by atoms with E-state index < -0.39 is 5.97 Å². The quantitative estimate of drug-likeness (QED) is 0.410. The maximum atomic E-state index is 13.6. The second kappa shape index (κ2) is 9.14. The maximum absolute atomic E-state index is 13.6. The Morgan fingerprint density at radius 2 is 1.85 bits per heavy atom. The predicted octanol–water partition coefficient (Wildman–Crippen LogP) is 3.20. The lowest BCUT2D eigenvalue weighted by Crippen LogP contribution is -2.36. The van der Waals surface area contributed by atoms with Crippen LogP contribution in [0.3, 0.4) is 0 Å². The van der Waals surface area contributed by atoms with Gasteiger partial charge in [0.25, 0.3) is 11.9 Å². The molecule has 0 bridgehead atoms. The van der Waals surface area contributed by atoms with Crippen molar-refractivity contribution in [3.8, 4) is 5.69 Å². The first-order valence-corrected chi connectivity index (χ1v) is 11.1. The zero-order valence-electron chi connectivity index (χ0n) is 18.3. The zero-order chi connectivity index (χ0) is 23.7. The summed E-state index contributed by atoms with van der Waals surface area (Å²) in [5, 5.41) is 8.89. The molecule has 10 nitrogen and oxygen atoms in total. The van der Waals surface area contributed by atoms with Crippen molar-refractivity contribution < 1.29 is 18.7 Å². The number of ether oxygens (including phenoxy) is 1. The van der Waals surface area contributed by atoms with Gasteiger partial charge in [0.1, 0.15) is 5.52 Å². The van der Waals surface area contributed by atoms with Crippen LogP contribution in [0.4, 0.5) is 6.01 Å². The van der Waals surface area contributed by atoms with Gasteiger partial charge in [-0.1, -0.05) is 11.6 Å². The Labute approximate surface area is 199 Å². The molecule has 4 aromatic rings. The fourth-order valence-electron chi connectivity index (χ4n) is 3.97. The summed E-state index contributed by atoms with van der Waals surface area (Å²) in [6.07, 6.45) is 3.77. The number of hydrogen-bond acceptors (Lipinski definition) is 8. The molecular weight excluding hydrogens is 460 g/mol. The number of carbonyl (C=O) groups excluding carboxylic acids is 2. The van der Waals surface area contributed by atoms with Gasteiger partial charge in [0.15, 0.2) is 5.58 Å². The maximum Gasteiger partial charge on any atom is 0.337 e. The van der Waals surface area contributed by atoms with Gasteiger partial charge in [-0.15, -0.1) is 0 Å². The first-order chi connectivity index (χ1) is 16.5. The highest BCUT2D eigenvalue weighted by molar-refractivity contribution is 6.31. The van der Waals surface area contributed by atoms with Crippen LogP contribution >= 0.6 is 11.6 Å². The van der Waals surface area contributed by atoms with E-state index in [4.69, 9.17) is 20.8 Å². The molecule has 1 aliphatic heterocycles. The Hall–Kier alpha value is -3.92. The van der Waals surface area contributed by atoms with Crippen molar-refractivity contribution >= 4 is 40.6 Å². The highest BCUT2D eigenvalue weighted by Gasteiger charge is 2.26. The number of halogens is 1. The molecule has 3 heterocycles. The normalized spacial score (nSPS) is 14.3. The average molecular weight is 481 g/mol. The monoisotopic (exact) mass is 480 g/mol. The van der Waals surface area contributed by atoms with Gasteiger partial charge >= 0.3 is 5.97 Å². The Morgan fingerprint density at radius 1 is 1.03 bits per heavy atom. The molecule has 1 aliphatic rings. The highest BCUT2D eigenvalue weighted by atomic mass is 35.5. The van der Waals surface area contributed by atoms with Crippen LogP contribution < -0.4 is 4.90 Å². The van der Waals surface area contributed by atoms with Gasteiger partial charge in [-0.2, -0.15) is 20.0 Å². The summed E-state index contributed by atoms with van der Waals surface area (Å²) in [6, 6.07) is 10.6. The molecule has 0 radical (unpaired) electrons. The second-order valence-electron chi connectivity index (χ2n) is 7.78. The molecule has 11 heteroatoms. The van der Waals surface area contributed by atoms with Gasteiger partial charge < -0.3 is 19.0 Å².